The van der Waals surface area contributed by atoms with Gasteiger partial charge in [0.05, 0.1) is 25.6 Å². The molecule has 5 heteroatoms. The Bertz CT molecular complexity index is 676. The lowest BCUT2D eigenvalue weighted by Crippen LogP contribution is -2.27. The summed E-state index contributed by atoms with van der Waals surface area (Å²) < 4.78 is 10.6. The summed E-state index contributed by atoms with van der Waals surface area (Å²) in [5.74, 6) is 1.33. The van der Waals surface area contributed by atoms with Gasteiger partial charge < -0.3 is 13.7 Å². The second-order valence-electron chi connectivity index (χ2n) is 4.70. The van der Waals surface area contributed by atoms with Crippen LogP contribution in [0, 0.1) is 0 Å². The van der Waals surface area contributed by atoms with Gasteiger partial charge in [0.15, 0.2) is 0 Å². The minimum absolute atomic E-state index is 0.0822. The molecule has 0 spiro atoms. The lowest BCUT2D eigenvalue weighted by atomic mass is 10.3. The average molecular weight is 313 g/mol. The predicted molar refractivity (Wildman–Crippen MR) is 85.0 cm³/mol. The molecule has 0 saturated carbocycles. The van der Waals surface area contributed by atoms with E-state index in [-0.39, 0.29) is 5.91 Å². The van der Waals surface area contributed by atoms with Crippen molar-refractivity contribution in [2.24, 2.45) is 0 Å². The smallest absolute Gasteiger partial charge is 0.247 e. The van der Waals surface area contributed by atoms with Crippen molar-refractivity contribution in [3.05, 3.63) is 76.8 Å². The lowest BCUT2D eigenvalue weighted by molar-refractivity contribution is -0.127. The van der Waals surface area contributed by atoms with Gasteiger partial charge in [0, 0.05) is 11.0 Å². The third-order valence-corrected chi connectivity index (χ3v) is 3.96. The topological polar surface area (TPSA) is 46.6 Å². The van der Waals surface area contributed by atoms with Crippen LogP contribution in [0.15, 0.2) is 69.2 Å². The van der Waals surface area contributed by atoms with E-state index in [1.54, 1.807) is 47.0 Å². The van der Waals surface area contributed by atoms with Crippen LogP contribution in [0.1, 0.15) is 16.4 Å². The van der Waals surface area contributed by atoms with Gasteiger partial charge in [0.25, 0.3) is 0 Å². The molecule has 0 radical (unpaired) electrons. The van der Waals surface area contributed by atoms with Crippen LogP contribution >= 0.6 is 11.3 Å². The third-order valence-electron chi connectivity index (χ3n) is 3.10. The quantitative estimate of drug-likeness (QED) is 0.641. The first-order valence-electron chi connectivity index (χ1n) is 6.86. The van der Waals surface area contributed by atoms with Crippen molar-refractivity contribution >= 4 is 23.3 Å². The fourth-order valence-electron chi connectivity index (χ4n) is 2.04. The van der Waals surface area contributed by atoms with E-state index in [2.05, 4.69) is 0 Å². The van der Waals surface area contributed by atoms with Crippen LogP contribution in [0.4, 0.5) is 0 Å². The van der Waals surface area contributed by atoms with Crippen LogP contribution in [-0.4, -0.2) is 10.8 Å². The van der Waals surface area contributed by atoms with Gasteiger partial charge >= 0.3 is 0 Å². The highest BCUT2D eigenvalue weighted by molar-refractivity contribution is 7.09. The molecule has 3 aromatic rings. The summed E-state index contributed by atoms with van der Waals surface area (Å²) in [7, 11) is 0. The number of carbonyl (C=O) groups is 1. The Hall–Kier alpha value is -2.53. The normalized spacial score (nSPS) is 11.1. The van der Waals surface area contributed by atoms with Gasteiger partial charge in [0.1, 0.15) is 11.5 Å². The average Bonchev–Trinajstić information content (AvgIpc) is 3.27. The van der Waals surface area contributed by atoms with Gasteiger partial charge in [-0.2, -0.15) is 0 Å². The van der Waals surface area contributed by atoms with E-state index in [1.807, 2.05) is 29.6 Å². The minimum Gasteiger partial charge on any atom is -0.467 e. The van der Waals surface area contributed by atoms with Gasteiger partial charge in [-0.25, -0.2) is 0 Å². The molecule has 0 aliphatic rings. The standard InChI is InChI=1S/C17H15NO3S/c19-17(8-7-14-4-1-9-20-14)18(12-15-5-2-10-21-15)13-16-6-3-11-22-16/h1-11H,12-13H2/b8-7+. The fraction of sp³-hybridized carbons (Fsp3) is 0.118. The molecular weight excluding hydrogens is 298 g/mol. The number of thiophene rings is 1. The van der Waals surface area contributed by atoms with E-state index >= 15 is 0 Å². The number of hydrogen-bond donors (Lipinski definition) is 0. The minimum atomic E-state index is -0.0822. The molecule has 0 bridgehead atoms. The first kappa shape index (κ1) is 14.4. The van der Waals surface area contributed by atoms with Gasteiger partial charge in [-0.15, -0.1) is 11.3 Å². The molecule has 3 rings (SSSR count). The maximum atomic E-state index is 12.5. The third kappa shape index (κ3) is 3.77. The van der Waals surface area contributed by atoms with E-state index in [9.17, 15) is 4.79 Å². The predicted octanol–water partition coefficient (Wildman–Crippen LogP) is 4.18. The highest BCUT2D eigenvalue weighted by Crippen LogP contribution is 2.15. The molecular formula is C17H15NO3S. The summed E-state index contributed by atoms with van der Waals surface area (Å²) in [6, 6.07) is 11.3. The highest BCUT2D eigenvalue weighted by Gasteiger charge is 2.14. The zero-order valence-electron chi connectivity index (χ0n) is 11.8. The first-order chi connectivity index (χ1) is 10.8. The number of carbonyl (C=O) groups excluding carboxylic acids is 1. The Morgan fingerprint density at radius 3 is 2.64 bits per heavy atom. The van der Waals surface area contributed by atoms with Crippen LogP contribution in [-0.2, 0) is 17.9 Å². The zero-order chi connectivity index (χ0) is 15.2. The van der Waals surface area contributed by atoms with Gasteiger partial charge in [0.2, 0.25) is 5.91 Å². The molecule has 3 heterocycles. The Balaban J connectivity index is 1.73. The molecule has 0 N–H and O–H groups in total. The Morgan fingerprint density at radius 1 is 1.09 bits per heavy atom. The molecule has 0 aromatic carbocycles. The largest absolute Gasteiger partial charge is 0.467 e. The molecule has 112 valence electrons. The van der Waals surface area contributed by atoms with Crippen LogP contribution in [0.25, 0.3) is 6.08 Å². The molecule has 22 heavy (non-hydrogen) atoms. The summed E-state index contributed by atoms with van der Waals surface area (Å²) in [5.41, 5.74) is 0. The Kier molecular flexibility index (Phi) is 4.56. The van der Waals surface area contributed by atoms with Gasteiger partial charge in [-0.1, -0.05) is 6.07 Å². The summed E-state index contributed by atoms with van der Waals surface area (Å²) in [6.07, 6.45) is 6.39. The summed E-state index contributed by atoms with van der Waals surface area (Å²) >= 11 is 1.63. The fourth-order valence-corrected chi connectivity index (χ4v) is 2.76. The van der Waals surface area contributed by atoms with Crippen molar-refractivity contribution in [2.45, 2.75) is 13.1 Å². The van der Waals surface area contributed by atoms with Crippen molar-refractivity contribution in [2.75, 3.05) is 0 Å². The number of rotatable bonds is 6. The highest BCUT2D eigenvalue weighted by atomic mass is 32.1. The molecule has 0 saturated heterocycles. The lowest BCUT2D eigenvalue weighted by Gasteiger charge is -2.19. The second kappa shape index (κ2) is 6.95. The van der Waals surface area contributed by atoms with E-state index < -0.39 is 0 Å². The monoisotopic (exact) mass is 313 g/mol. The van der Waals surface area contributed by atoms with Crippen molar-refractivity contribution in [1.82, 2.24) is 4.90 Å². The van der Waals surface area contributed by atoms with Gasteiger partial charge in [-0.3, -0.25) is 4.79 Å². The van der Waals surface area contributed by atoms with E-state index in [4.69, 9.17) is 8.83 Å². The molecule has 3 aromatic heterocycles. The zero-order valence-corrected chi connectivity index (χ0v) is 12.7. The number of nitrogens with zero attached hydrogens (tertiary/aromatic N) is 1. The maximum Gasteiger partial charge on any atom is 0.247 e. The van der Waals surface area contributed by atoms with Crippen molar-refractivity contribution in [3.8, 4) is 0 Å². The Labute approximate surface area is 132 Å². The molecule has 0 aliphatic heterocycles. The van der Waals surface area contributed by atoms with Crippen molar-refractivity contribution < 1.29 is 13.6 Å². The number of hydrogen-bond acceptors (Lipinski definition) is 4. The van der Waals surface area contributed by atoms with Crippen LogP contribution in [0.5, 0.6) is 0 Å². The molecule has 0 aliphatic carbocycles. The summed E-state index contributed by atoms with van der Waals surface area (Å²) in [4.78, 5) is 15.3. The molecule has 0 fully saturated rings. The first-order valence-corrected chi connectivity index (χ1v) is 7.74. The van der Waals surface area contributed by atoms with Crippen LogP contribution in [0.3, 0.4) is 0 Å². The van der Waals surface area contributed by atoms with E-state index in [1.165, 1.54) is 6.08 Å². The molecule has 1 amide bonds. The van der Waals surface area contributed by atoms with Crippen LogP contribution in [0.2, 0.25) is 0 Å². The molecule has 0 atom stereocenters. The molecule has 4 nitrogen and oxygen atoms in total. The molecule has 0 unspecified atom stereocenters. The van der Waals surface area contributed by atoms with Gasteiger partial charge in [-0.05, 0) is 41.8 Å². The van der Waals surface area contributed by atoms with E-state index in [0.717, 1.165) is 10.6 Å². The van der Waals surface area contributed by atoms with Crippen LogP contribution < -0.4 is 0 Å². The summed E-state index contributed by atoms with van der Waals surface area (Å²) in [5, 5.41) is 2.00. The van der Waals surface area contributed by atoms with Crippen molar-refractivity contribution in [1.29, 1.82) is 0 Å². The number of amides is 1. The SMILES string of the molecule is O=C(/C=C/c1ccco1)N(Cc1ccco1)Cc1cccs1. The van der Waals surface area contributed by atoms with Crippen molar-refractivity contribution in [3.63, 3.8) is 0 Å². The van der Waals surface area contributed by atoms with E-state index in [0.29, 0.717) is 18.8 Å². The summed E-state index contributed by atoms with van der Waals surface area (Å²) in [6.45, 7) is 0.992. The number of furan rings is 2. The maximum absolute atomic E-state index is 12.5. The second-order valence-corrected chi connectivity index (χ2v) is 5.73. The Morgan fingerprint density at radius 2 is 1.95 bits per heavy atom.